The number of hydrogen-bond donors (Lipinski definition) is 2. The van der Waals surface area contributed by atoms with Crippen LogP contribution >= 0.6 is 0 Å². The lowest BCUT2D eigenvalue weighted by Gasteiger charge is -2.10. The van der Waals surface area contributed by atoms with Crippen molar-refractivity contribution in [3.8, 4) is 22.6 Å². The van der Waals surface area contributed by atoms with E-state index in [0.717, 1.165) is 12.1 Å². The fourth-order valence-corrected chi connectivity index (χ4v) is 1.82. The minimum atomic E-state index is -1.15. The maximum absolute atomic E-state index is 13.7. The van der Waals surface area contributed by atoms with E-state index in [-0.39, 0.29) is 28.2 Å². The third kappa shape index (κ3) is 2.35. The number of hydrogen-bond acceptors (Lipinski definition) is 3. The summed E-state index contributed by atoms with van der Waals surface area (Å²) in [5.74, 6) is -2.16. The summed E-state index contributed by atoms with van der Waals surface area (Å²) in [6.45, 7) is 0. The molecule has 2 N–H and O–H groups in total. The molecular weight excluding hydrogens is 251 g/mol. The third-order valence-corrected chi connectivity index (χ3v) is 2.72. The average Bonchev–Trinajstić information content (AvgIpc) is 2.40. The van der Waals surface area contributed by atoms with Crippen LogP contribution in [0.2, 0.25) is 0 Å². The van der Waals surface area contributed by atoms with Gasteiger partial charge >= 0.3 is 5.97 Å². The van der Waals surface area contributed by atoms with Gasteiger partial charge in [-0.05, 0) is 17.7 Å². The van der Waals surface area contributed by atoms with Crippen LogP contribution < -0.4 is 4.74 Å². The Labute approximate surface area is 108 Å². The van der Waals surface area contributed by atoms with Gasteiger partial charge in [-0.2, -0.15) is 0 Å². The number of carboxylic acids is 1. The Kier molecular flexibility index (Phi) is 3.37. The molecule has 0 bridgehead atoms. The van der Waals surface area contributed by atoms with Gasteiger partial charge in [0.15, 0.2) is 11.6 Å². The van der Waals surface area contributed by atoms with Gasteiger partial charge in [0.1, 0.15) is 5.75 Å². The van der Waals surface area contributed by atoms with Crippen molar-refractivity contribution in [1.29, 1.82) is 0 Å². The van der Waals surface area contributed by atoms with Gasteiger partial charge in [0.25, 0.3) is 0 Å². The van der Waals surface area contributed by atoms with E-state index >= 15 is 0 Å². The first-order valence-corrected chi connectivity index (χ1v) is 5.43. The van der Waals surface area contributed by atoms with Crippen LogP contribution in [0, 0.1) is 5.82 Å². The lowest BCUT2D eigenvalue weighted by molar-refractivity contribution is 0.0697. The van der Waals surface area contributed by atoms with Crippen molar-refractivity contribution < 1.29 is 24.1 Å². The van der Waals surface area contributed by atoms with Crippen LogP contribution in [-0.2, 0) is 0 Å². The fourth-order valence-electron chi connectivity index (χ4n) is 1.82. The molecule has 0 radical (unpaired) electrons. The highest BCUT2D eigenvalue weighted by Gasteiger charge is 2.16. The first-order chi connectivity index (χ1) is 9.04. The van der Waals surface area contributed by atoms with E-state index in [9.17, 15) is 14.3 Å². The van der Waals surface area contributed by atoms with Crippen LogP contribution in [0.3, 0.4) is 0 Å². The highest BCUT2D eigenvalue weighted by Crippen LogP contribution is 2.36. The van der Waals surface area contributed by atoms with Crippen LogP contribution in [0.1, 0.15) is 10.4 Å². The van der Waals surface area contributed by atoms with Crippen LogP contribution in [0.4, 0.5) is 4.39 Å². The van der Waals surface area contributed by atoms with Crippen LogP contribution in [0.25, 0.3) is 11.1 Å². The van der Waals surface area contributed by atoms with Crippen molar-refractivity contribution in [1.82, 2.24) is 0 Å². The zero-order valence-corrected chi connectivity index (χ0v) is 10.1. The summed E-state index contributed by atoms with van der Waals surface area (Å²) in [6.07, 6.45) is 0. The van der Waals surface area contributed by atoms with Gasteiger partial charge in [0, 0.05) is 11.6 Å². The molecule has 0 aliphatic heterocycles. The molecule has 4 nitrogen and oxygen atoms in total. The molecule has 0 saturated carbocycles. The number of carbonyl (C=O) groups is 1. The van der Waals surface area contributed by atoms with Gasteiger partial charge in [-0.1, -0.05) is 18.2 Å². The molecular formula is C14H11FO4. The van der Waals surface area contributed by atoms with Crippen molar-refractivity contribution >= 4 is 5.97 Å². The Balaban J connectivity index is 2.66. The number of ether oxygens (including phenoxy) is 1. The number of methoxy groups -OCH3 is 1. The van der Waals surface area contributed by atoms with E-state index in [1.807, 2.05) is 0 Å². The highest BCUT2D eigenvalue weighted by molar-refractivity contribution is 5.97. The number of rotatable bonds is 3. The minimum absolute atomic E-state index is 0.0117. The number of benzene rings is 2. The molecule has 0 saturated heterocycles. The van der Waals surface area contributed by atoms with Gasteiger partial charge in [-0.15, -0.1) is 0 Å². The smallest absolute Gasteiger partial charge is 0.336 e. The van der Waals surface area contributed by atoms with E-state index in [4.69, 9.17) is 9.84 Å². The lowest BCUT2D eigenvalue weighted by atomic mass is 9.98. The predicted molar refractivity (Wildman–Crippen MR) is 67.0 cm³/mol. The molecule has 0 spiro atoms. The van der Waals surface area contributed by atoms with Crippen molar-refractivity contribution in [2.45, 2.75) is 0 Å². The maximum Gasteiger partial charge on any atom is 0.336 e. The Morgan fingerprint density at radius 1 is 1.21 bits per heavy atom. The van der Waals surface area contributed by atoms with Gasteiger partial charge in [0.2, 0.25) is 0 Å². The number of phenolic OH excluding ortho intramolecular Hbond substituents is 1. The molecule has 2 aromatic carbocycles. The second-order valence-corrected chi connectivity index (χ2v) is 3.85. The molecule has 0 unspecified atom stereocenters. The second-order valence-electron chi connectivity index (χ2n) is 3.85. The van der Waals surface area contributed by atoms with E-state index in [2.05, 4.69) is 0 Å². The standard InChI is InChI=1S/C14H11FO4/c1-19-13-7-12(16)10(6-11(13)15)8-4-2-3-5-9(8)14(17)18/h2-7,16H,1H3,(H,17,18). The summed E-state index contributed by atoms with van der Waals surface area (Å²) in [7, 11) is 1.28. The molecule has 2 aromatic rings. The van der Waals surface area contributed by atoms with Gasteiger partial charge in [-0.25, -0.2) is 9.18 Å². The third-order valence-electron chi connectivity index (χ3n) is 2.72. The summed E-state index contributed by atoms with van der Waals surface area (Å²) in [4.78, 5) is 11.1. The summed E-state index contributed by atoms with van der Waals surface area (Å²) in [6, 6.07) is 8.23. The molecule has 0 aliphatic rings. The van der Waals surface area contributed by atoms with Crippen LogP contribution in [0.5, 0.6) is 11.5 Å². The second kappa shape index (κ2) is 4.97. The minimum Gasteiger partial charge on any atom is -0.507 e. The topological polar surface area (TPSA) is 66.8 Å². The first-order valence-electron chi connectivity index (χ1n) is 5.43. The lowest BCUT2D eigenvalue weighted by Crippen LogP contribution is -1.99. The summed E-state index contributed by atoms with van der Waals surface area (Å²) in [5.41, 5.74) is 0.340. The Morgan fingerprint density at radius 3 is 2.53 bits per heavy atom. The van der Waals surface area contributed by atoms with Crippen LogP contribution in [-0.4, -0.2) is 23.3 Å². The molecule has 2 rings (SSSR count). The summed E-state index contributed by atoms with van der Waals surface area (Å²) in [5, 5.41) is 19.0. The van der Waals surface area contributed by atoms with Crippen LogP contribution in [0.15, 0.2) is 36.4 Å². The van der Waals surface area contributed by atoms with E-state index in [1.165, 1.54) is 19.2 Å². The van der Waals surface area contributed by atoms with E-state index < -0.39 is 11.8 Å². The first kappa shape index (κ1) is 12.9. The Morgan fingerprint density at radius 2 is 1.89 bits per heavy atom. The quantitative estimate of drug-likeness (QED) is 0.892. The number of aromatic carboxylic acids is 1. The molecule has 98 valence electrons. The Hall–Kier alpha value is -2.56. The average molecular weight is 262 g/mol. The molecule has 0 atom stereocenters. The number of carboxylic acid groups (broad SMARTS) is 1. The molecule has 0 aliphatic carbocycles. The molecule has 19 heavy (non-hydrogen) atoms. The Bertz CT molecular complexity index is 637. The molecule has 0 amide bonds. The molecule has 0 aromatic heterocycles. The monoisotopic (exact) mass is 262 g/mol. The zero-order chi connectivity index (χ0) is 14.0. The molecule has 0 fully saturated rings. The largest absolute Gasteiger partial charge is 0.507 e. The number of phenols is 1. The molecule has 5 heteroatoms. The van der Waals surface area contributed by atoms with Gasteiger partial charge < -0.3 is 14.9 Å². The highest BCUT2D eigenvalue weighted by atomic mass is 19.1. The van der Waals surface area contributed by atoms with Crippen molar-refractivity contribution in [3.63, 3.8) is 0 Å². The van der Waals surface area contributed by atoms with Gasteiger partial charge in [0.05, 0.1) is 12.7 Å². The van der Waals surface area contributed by atoms with Crippen molar-refractivity contribution in [2.24, 2.45) is 0 Å². The number of aromatic hydroxyl groups is 1. The van der Waals surface area contributed by atoms with Gasteiger partial charge in [-0.3, -0.25) is 0 Å². The summed E-state index contributed by atoms with van der Waals surface area (Å²) >= 11 is 0. The zero-order valence-electron chi connectivity index (χ0n) is 10.1. The molecule has 0 heterocycles. The fraction of sp³-hybridized carbons (Fsp3) is 0.0714. The normalized spacial score (nSPS) is 10.2. The summed E-state index contributed by atoms with van der Waals surface area (Å²) < 4.78 is 18.4. The number of halogens is 1. The van der Waals surface area contributed by atoms with E-state index in [1.54, 1.807) is 12.1 Å². The SMILES string of the molecule is COc1cc(O)c(-c2ccccc2C(=O)O)cc1F. The van der Waals surface area contributed by atoms with E-state index in [0.29, 0.717) is 0 Å². The van der Waals surface area contributed by atoms with Crippen molar-refractivity contribution in [2.75, 3.05) is 7.11 Å². The van der Waals surface area contributed by atoms with Crippen molar-refractivity contribution in [3.05, 3.63) is 47.8 Å². The maximum atomic E-state index is 13.7. The predicted octanol–water partition coefficient (Wildman–Crippen LogP) is 2.91.